The molecule has 160 valence electrons. The van der Waals surface area contributed by atoms with Crippen LogP contribution in [0.1, 0.15) is 29.1 Å². The van der Waals surface area contributed by atoms with Crippen LogP contribution in [-0.2, 0) is 4.74 Å². The van der Waals surface area contributed by atoms with Gasteiger partial charge in [0.2, 0.25) is 0 Å². The lowest BCUT2D eigenvalue weighted by Crippen LogP contribution is -2.31. The first-order chi connectivity index (χ1) is 15.0. The summed E-state index contributed by atoms with van der Waals surface area (Å²) in [7, 11) is 3.32. The van der Waals surface area contributed by atoms with Crippen molar-refractivity contribution in [1.29, 1.82) is 0 Å². The standard InChI is InChI=1S/C21H21ClN6O2S/c1-12(26-19-18-20(24-10-23-19)31-11-25-18)15-9-13-5-4-6-14(22)16(13)17(27-15)21(29)28(2)7-8-30-3/h4-6,9-12H,7-8H2,1-3H3,(H,23,24,26). The third kappa shape index (κ3) is 4.30. The molecule has 0 aliphatic rings. The molecule has 0 bridgehead atoms. The molecule has 0 saturated carbocycles. The molecule has 0 aliphatic heterocycles. The number of amides is 1. The van der Waals surface area contributed by atoms with Crippen LogP contribution in [0.4, 0.5) is 5.82 Å². The van der Waals surface area contributed by atoms with E-state index in [1.807, 2.05) is 25.1 Å². The molecule has 1 N–H and O–H groups in total. The van der Waals surface area contributed by atoms with Gasteiger partial charge in [-0.2, -0.15) is 0 Å². The minimum absolute atomic E-state index is 0.215. The van der Waals surface area contributed by atoms with Gasteiger partial charge in [-0.1, -0.05) is 23.7 Å². The third-order valence-corrected chi connectivity index (χ3v) is 5.99. The molecule has 4 rings (SSSR count). The molecular weight excluding hydrogens is 436 g/mol. The molecule has 1 atom stereocenters. The van der Waals surface area contributed by atoms with E-state index in [0.29, 0.717) is 46.3 Å². The van der Waals surface area contributed by atoms with E-state index in [9.17, 15) is 4.79 Å². The van der Waals surface area contributed by atoms with Gasteiger partial charge in [-0.3, -0.25) is 4.79 Å². The van der Waals surface area contributed by atoms with Gasteiger partial charge >= 0.3 is 0 Å². The second-order valence-electron chi connectivity index (χ2n) is 7.05. The molecule has 0 radical (unpaired) electrons. The minimum Gasteiger partial charge on any atom is -0.383 e. The number of rotatable bonds is 7. The highest BCUT2D eigenvalue weighted by Crippen LogP contribution is 2.30. The monoisotopic (exact) mass is 456 g/mol. The lowest BCUT2D eigenvalue weighted by Gasteiger charge is -2.20. The maximum Gasteiger partial charge on any atom is 0.272 e. The zero-order valence-corrected chi connectivity index (χ0v) is 18.9. The van der Waals surface area contributed by atoms with Crippen LogP contribution >= 0.6 is 22.9 Å². The van der Waals surface area contributed by atoms with Crippen molar-refractivity contribution in [2.75, 3.05) is 32.6 Å². The van der Waals surface area contributed by atoms with E-state index in [2.05, 4.69) is 20.3 Å². The number of pyridine rings is 1. The van der Waals surface area contributed by atoms with Crippen LogP contribution in [0, 0.1) is 0 Å². The fraction of sp³-hybridized carbons (Fsp3) is 0.286. The van der Waals surface area contributed by atoms with Crippen molar-refractivity contribution >= 4 is 55.8 Å². The Kier molecular flexibility index (Phi) is 6.26. The summed E-state index contributed by atoms with van der Waals surface area (Å²) in [5.41, 5.74) is 3.45. The van der Waals surface area contributed by atoms with E-state index in [-0.39, 0.29) is 11.9 Å². The molecule has 8 nitrogen and oxygen atoms in total. The number of carbonyl (C=O) groups is 1. The molecule has 0 spiro atoms. The van der Waals surface area contributed by atoms with Crippen molar-refractivity contribution in [2.45, 2.75) is 13.0 Å². The molecule has 0 saturated heterocycles. The summed E-state index contributed by atoms with van der Waals surface area (Å²) in [5, 5.41) is 5.32. The summed E-state index contributed by atoms with van der Waals surface area (Å²) in [5.74, 6) is 0.407. The summed E-state index contributed by atoms with van der Waals surface area (Å²) in [6, 6.07) is 7.25. The highest BCUT2D eigenvalue weighted by atomic mass is 35.5. The Hall–Kier alpha value is -2.88. The maximum atomic E-state index is 13.2. The van der Waals surface area contributed by atoms with Crippen molar-refractivity contribution in [3.8, 4) is 0 Å². The van der Waals surface area contributed by atoms with E-state index in [0.717, 1.165) is 10.2 Å². The first-order valence-electron chi connectivity index (χ1n) is 9.64. The van der Waals surface area contributed by atoms with Gasteiger partial charge in [0.1, 0.15) is 22.4 Å². The van der Waals surface area contributed by atoms with E-state index < -0.39 is 0 Å². The molecule has 1 unspecified atom stereocenters. The van der Waals surface area contributed by atoms with Gasteiger partial charge in [0.25, 0.3) is 5.91 Å². The van der Waals surface area contributed by atoms with Crippen LogP contribution < -0.4 is 5.32 Å². The zero-order chi connectivity index (χ0) is 22.0. The first kappa shape index (κ1) is 21.4. The van der Waals surface area contributed by atoms with E-state index in [1.165, 1.54) is 17.7 Å². The number of nitrogens with zero attached hydrogens (tertiary/aromatic N) is 5. The number of halogens is 1. The Morgan fingerprint density at radius 1 is 1.32 bits per heavy atom. The molecule has 10 heteroatoms. The smallest absolute Gasteiger partial charge is 0.272 e. The largest absolute Gasteiger partial charge is 0.383 e. The SMILES string of the molecule is COCCN(C)C(=O)c1nc(C(C)Nc2ncnc3scnc23)cc2cccc(Cl)c12. The van der Waals surface area contributed by atoms with Crippen LogP contribution in [0.25, 0.3) is 21.1 Å². The number of benzene rings is 1. The van der Waals surface area contributed by atoms with Crippen molar-refractivity contribution in [3.05, 3.63) is 52.5 Å². The fourth-order valence-electron chi connectivity index (χ4n) is 3.25. The second kappa shape index (κ2) is 9.09. The Labute approximate surface area is 188 Å². The average molecular weight is 457 g/mol. The van der Waals surface area contributed by atoms with Gasteiger partial charge in [-0.15, -0.1) is 11.3 Å². The highest BCUT2D eigenvalue weighted by Gasteiger charge is 2.22. The topological polar surface area (TPSA) is 93.1 Å². The highest BCUT2D eigenvalue weighted by molar-refractivity contribution is 7.16. The third-order valence-electron chi connectivity index (χ3n) is 4.94. The number of likely N-dealkylation sites (N-methyl/N-ethyl adjacent to an activating group) is 1. The number of methoxy groups -OCH3 is 1. The molecule has 0 fully saturated rings. The summed E-state index contributed by atoms with van der Waals surface area (Å²) < 4.78 is 5.10. The number of hydrogen-bond acceptors (Lipinski definition) is 8. The minimum atomic E-state index is -0.237. The van der Waals surface area contributed by atoms with E-state index >= 15 is 0 Å². The van der Waals surface area contributed by atoms with Gasteiger partial charge in [-0.25, -0.2) is 19.9 Å². The normalized spacial score (nSPS) is 12.3. The summed E-state index contributed by atoms with van der Waals surface area (Å²) in [6.45, 7) is 2.84. The Bertz CT molecular complexity index is 1250. The number of aromatic nitrogens is 4. The number of anilines is 1. The molecular formula is C21H21ClN6O2S. The molecule has 3 aromatic heterocycles. The van der Waals surface area contributed by atoms with Gasteiger partial charge < -0.3 is 15.0 Å². The molecule has 1 aromatic carbocycles. The van der Waals surface area contributed by atoms with Crippen LogP contribution in [0.5, 0.6) is 0 Å². The first-order valence-corrected chi connectivity index (χ1v) is 10.9. The number of hydrogen-bond donors (Lipinski definition) is 1. The quantitative estimate of drug-likeness (QED) is 0.445. The predicted octanol–water partition coefficient (Wildman–Crippen LogP) is 4.18. The molecule has 3 heterocycles. The fourth-order valence-corrected chi connectivity index (χ4v) is 4.15. The summed E-state index contributed by atoms with van der Waals surface area (Å²) in [6.07, 6.45) is 1.50. The number of ether oxygens (including phenoxy) is 1. The number of nitrogens with one attached hydrogen (secondary N) is 1. The summed E-state index contributed by atoms with van der Waals surface area (Å²) in [4.78, 5) is 33.2. The molecule has 0 aliphatic carbocycles. The van der Waals surface area contributed by atoms with Crippen molar-refractivity contribution in [2.24, 2.45) is 0 Å². The predicted molar refractivity (Wildman–Crippen MR) is 123 cm³/mol. The van der Waals surface area contributed by atoms with Crippen LogP contribution in [-0.4, -0.2) is 58.1 Å². The molecule has 4 aromatic rings. The number of carbonyl (C=O) groups excluding carboxylic acids is 1. The van der Waals surface area contributed by atoms with Gasteiger partial charge in [0, 0.05) is 26.1 Å². The number of thiazole rings is 1. The Morgan fingerprint density at radius 3 is 2.97 bits per heavy atom. The number of fused-ring (bicyclic) bond motifs is 2. The van der Waals surface area contributed by atoms with Crippen LogP contribution in [0.2, 0.25) is 5.02 Å². The van der Waals surface area contributed by atoms with Crippen molar-refractivity contribution < 1.29 is 9.53 Å². The molecule has 31 heavy (non-hydrogen) atoms. The van der Waals surface area contributed by atoms with Gasteiger partial charge in [0.15, 0.2) is 5.82 Å². The lowest BCUT2D eigenvalue weighted by molar-refractivity contribution is 0.0740. The average Bonchev–Trinajstić information content (AvgIpc) is 3.26. The maximum absolute atomic E-state index is 13.2. The summed E-state index contributed by atoms with van der Waals surface area (Å²) >= 11 is 7.91. The zero-order valence-electron chi connectivity index (χ0n) is 17.3. The van der Waals surface area contributed by atoms with Crippen LogP contribution in [0.3, 0.4) is 0 Å². The lowest BCUT2D eigenvalue weighted by atomic mass is 10.0. The Morgan fingerprint density at radius 2 is 2.16 bits per heavy atom. The van der Waals surface area contributed by atoms with Crippen LogP contribution in [0.15, 0.2) is 36.1 Å². The van der Waals surface area contributed by atoms with E-state index in [4.69, 9.17) is 21.3 Å². The second-order valence-corrected chi connectivity index (χ2v) is 8.29. The Balaban J connectivity index is 1.74. The van der Waals surface area contributed by atoms with Gasteiger partial charge in [0.05, 0.1) is 28.9 Å². The van der Waals surface area contributed by atoms with Crippen molar-refractivity contribution in [3.63, 3.8) is 0 Å². The van der Waals surface area contributed by atoms with Crippen molar-refractivity contribution in [1.82, 2.24) is 24.8 Å². The van der Waals surface area contributed by atoms with Gasteiger partial charge in [-0.05, 0) is 24.4 Å². The molecule has 1 amide bonds. The van der Waals surface area contributed by atoms with E-state index in [1.54, 1.807) is 30.6 Å².